The number of nitrogens with two attached hydrogens (primary N) is 1. The Morgan fingerprint density at radius 2 is 2.35 bits per heavy atom. The first-order valence-corrected chi connectivity index (χ1v) is 5.09. The molecule has 0 bridgehead atoms. The Balaban J connectivity index is 2.70. The van der Waals surface area contributed by atoms with Gasteiger partial charge < -0.3 is 15.8 Å². The molecular weight excluding hydrogens is 220 g/mol. The Kier molecular flexibility index (Phi) is 4.29. The van der Waals surface area contributed by atoms with Gasteiger partial charge in [-0.1, -0.05) is 0 Å². The Bertz CT molecular complexity index is 465. The van der Waals surface area contributed by atoms with Gasteiger partial charge in [0.1, 0.15) is 12.7 Å². The van der Waals surface area contributed by atoms with E-state index in [2.05, 4.69) is 21.1 Å². The summed E-state index contributed by atoms with van der Waals surface area (Å²) in [5.74, 6) is 0. The largest absolute Gasteiger partial charge is 0.448 e. The van der Waals surface area contributed by atoms with E-state index in [0.29, 0.717) is 23.5 Å². The summed E-state index contributed by atoms with van der Waals surface area (Å²) in [7, 11) is 0. The zero-order chi connectivity index (χ0) is 12.8. The van der Waals surface area contributed by atoms with Gasteiger partial charge in [-0.15, -0.1) is 0 Å². The number of amides is 1. The van der Waals surface area contributed by atoms with Crippen LogP contribution in [0.15, 0.2) is 6.07 Å². The highest BCUT2D eigenvalue weighted by atomic mass is 16.5. The summed E-state index contributed by atoms with van der Waals surface area (Å²) in [6, 6.07) is 3.86. The first-order valence-electron chi connectivity index (χ1n) is 5.09. The summed E-state index contributed by atoms with van der Waals surface area (Å²) in [5.41, 5.74) is 7.50. The lowest BCUT2D eigenvalue weighted by Crippen LogP contribution is -2.18. The highest BCUT2D eigenvalue weighted by molar-refractivity contribution is 5.64. The molecule has 17 heavy (non-hydrogen) atoms. The number of pyridine rings is 1. The second kappa shape index (κ2) is 5.70. The molecule has 1 aromatic rings. The second-order valence-electron chi connectivity index (χ2n) is 3.48. The minimum atomic E-state index is -0.811. The molecule has 90 valence electrons. The summed E-state index contributed by atoms with van der Waals surface area (Å²) >= 11 is 0. The Morgan fingerprint density at radius 3 is 2.94 bits per heavy atom. The fourth-order valence-corrected chi connectivity index (χ4v) is 1.45. The predicted molar refractivity (Wildman–Crippen MR) is 62.5 cm³/mol. The first kappa shape index (κ1) is 12.8. The molecule has 0 spiro atoms. The fourth-order valence-electron chi connectivity index (χ4n) is 1.45. The van der Waals surface area contributed by atoms with Crippen molar-refractivity contribution in [2.45, 2.75) is 13.8 Å². The van der Waals surface area contributed by atoms with E-state index in [1.807, 2.05) is 6.92 Å². The van der Waals surface area contributed by atoms with Crippen LogP contribution in [0, 0.1) is 25.2 Å². The van der Waals surface area contributed by atoms with Crippen molar-refractivity contribution in [3.63, 3.8) is 0 Å². The molecule has 1 amide bonds. The second-order valence-corrected chi connectivity index (χ2v) is 3.48. The minimum absolute atomic E-state index is 0.153. The van der Waals surface area contributed by atoms with Crippen molar-refractivity contribution in [1.29, 1.82) is 5.26 Å². The molecule has 0 radical (unpaired) electrons. The molecule has 6 heteroatoms. The zero-order valence-corrected chi connectivity index (χ0v) is 9.78. The summed E-state index contributed by atoms with van der Waals surface area (Å²) in [6.07, 6.45) is -0.811. The van der Waals surface area contributed by atoms with Crippen molar-refractivity contribution in [1.82, 2.24) is 4.98 Å². The molecule has 1 heterocycles. The molecule has 0 aliphatic rings. The van der Waals surface area contributed by atoms with Gasteiger partial charge in [-0.3, -0.25) is 4.98 Å². The van der Waals surface area contributed by atoms with Crippen LogP contribution in [0.4, 0.5) is 10.5 Å². The number of aryl methyl sites for hydroxylation is 2. The third-order valence-electron chi connectivity index (χ3n) is 2.10. The number of nitriles is 1. The molecule has 0 atom stereocenters. The van der Waals surface area contributed by atoms with Crippen molar-refractivity contribution in [2.24, 2.45) is 5.73 Å². The number of carbonyl (C=O) groups is 1. The maximum atomic E-state index is 10.4. The predicted octanol–water partition coefficient (Wildman–Crippen LogP) is 1.08. The number of carbonyl (C=O) groups excluding carboxylic acids is 1. The summed E-state index contributed by atoms with van der Waals surface area (Å²) < 4.78 is 4.58. The summed E-state index contributed by atoms with van der Waals surface area (Å²) in [5, 5.41) is 12.0. The lowest BCUT2D eigenvalue weighted by atomic mass is 10.1. The SMILES string of the molecule is Cc1cc(NCCOC(N)=O)c(C#N)c(C)n1. The van der Waals surface area contributed by atoms with Crippen molar-refractivity contribution in [2.75, 3.05) is 18.5 Å². The Hall–Kier alpha value is -2.29. The van der Waals surface area contributed by atoms with Gasteiger partial charge in [-0.05, 0) is 19.9 Å². The van der Waals surface area contributed by atoms with Crippen LogP contribution < -0.4 is 11.1 Å². The molecule has 0 unspecified atom stereocenters. The van der Waals surface area contributed by atoms with Crippen molar-refractivity contribution in [3.05, 3.63) is 23.0 Å². The van der Waals surface area contributed by atoms with Crippen LogP contribution in [0.25, 0.3) is 0 Å². The van der Waals surface area contributed by atoms with Gasteiger partial charge in [-0.2, -0.15) is 5.26 Å². The number of anilines is 1. The third kappa shape index (κ3) is 3.65. The topological polar surface area (TPSA) is 101 Å². The van der Waals surface area contributed by atoms with E-state index in [1.54, 1.807) is 13.0 Å². The number of rotatable bonds is 4. The molecule has 0 saturated heterocycles. The fraction of sp³-hybridized carbons (Fsp3) is 0.364. The molecule has 0 saturated carbocycles. The van der Waals surface area contributed by atoms with Crippen molar-refractivity contribution in [3.8, 4) is 6.07 Å². The van der Waals surface area contributed by atoms with Gasteiger partial charge in [0.2, 0.25) is 0 Å². The number of hydrogen-bond donors (Lipinski definition) is 2. The maximum absolute atomic E-state index is 10.4. The Labute approximate surface area is 99.4 Å². The molecule has 1 rings (SSSR count). The normalized spacial score (nSPS) is 9.47. The van der Waals surface area contributed by atoms with E-state index in [1.165, 1.54) is 0 Å². The molecular formula is C11H14N4O2. The average Bonchev–Trinajstić information content (AvgIpc) is 2.23. The summed E-state index contributed by atoms with van der Waals surface area (Å²) in [6.45, 7) is 4.16. The lowest BCUT2D eigenvalue weighted by Gasteiger charge is -2.10. The molecule has 3 N–H and O–H groups in total. The smallest absolute Gasteiger partial charge is 0.404 e. The van der Waals surface area contributed by atoms with E-state index in [4.69, 9.17) is 11.0 Å². The third-order valence-corrected chi connectivity index (χ3v) is 2.10. The first-order chi connectivity index (χ1) is 8.04. The van der Waals surface area contributed by atoms with Crippen LogP contribution in [0.2, 0.25) is 0 Å². The van der Waals surface area contributed by atoms with Crippen molar-refractivity contribution >= 4 is 11.8 Å². The number of ether oxygens (including phenoxy) is 1. The highest BCUT2D eigenvalue weighted by Crippen LogP contribution is 2.18. The van der Waals surface area contributed by atoms with Crippen LogP contribution in [0.3, 0.4) is 0 Å². The van der Waals surface area contributed by atoms with Gasteiger partial charge in [0.15, 0.2) is 0 Å². The van der Waals surface area contributed by atoms with Crippen LogP contribution in [0.5, 0.6) is 0 Å². The van der Waals surface area contributed by atoms with Gasteiger partial charge in [0.25, 0.3) is 0 Å². The standard InChI is InChI=1S/C11H14N4O2/c1-7-5-10(9(6-12)8(2)15-7)14-3-4-17-11(13)16/h5H,3-4H2,1-2H3,(H2,13,16)(H,14,15). The van der Waals surface area contributed by atoms with E-state index in [-0.39, 0.29) is 6.61 Å². The molecule has 0 fully saturated rings. The van der Waals surface area contributed by atoms with Crippen LogP contribution in [-0.4, -0.2) is 24.2 Å². The van der Waals surface area contributed by atoms with Crippen LogP contribution in [-0.2, 0) is 4.74 Å². The number of aromatic nitrogens is 1. The highest BCUT2D eigenvalue weighted by Gasteiger charge is 2.07. The molecule has 0 aromatic carbocycles. The minimum Gasteiger partial charge on any atom is -0.448 e. The number of nitrogens with zero attached hydrogens (tertiary/aromatic N) is 2. The van der Waals surface area contributed by atoms with E-state index in [0.717, 1.165) is 5.69 Å². The number of hydrogen-bond acceptors (Lipinski definition) is 5. The molecule has 1 aromatic heterocycles. The average molecular weight is 234 g/mol. The molecule has 0 aliphatic heterocycles. The maximum Gasteiger partial charge on any atom is 0.404 e. The van der Waals surface area contributed by atoms with E-state index >= 15 is 0 Å². The van der Waals surface area contributed by atoms with Crippen molar-refractivity contribution < 1.29 is 9.53 Å². The van der Waals surface area contributed by atoms with Gasteiger partial charge >= 0.3 is 6.09 Å². The number of nitrogens with one attached hydrogen (secondary N) is 1. The molecule has 6 nitrogen and oxygen atoms in total. The van der Waals surface area contributed by atoms with Crippen LogP contribution >= 0.6 is 0 Å². The van der Waals surface area contributed by atoms with E-state index < -0.39 is 6.09 Å². The zero-order valence-electron chi connectivity index (χ0n) is 9.78. The van der Waals surface area contributed by atoms with Gasteiger partial charge in [-0.25, -0.2) is 4.79 Å². The van der Waals surface area contributed by atoms with Gasteiger partial charge in [0, 0.05) is 12.2 Å². The molecule has 0 aliphatic carbocycles. The number of primary amides is 1. The van der Waals surface area contributed by atoms with Gasteiger partial charge in [0.05, 0.1) is 16.9 Å². The lowest BCUT2D eigenvalue weighted by molar-refractivity contribution is 0.161. The Morgan fingerprint density at radius 1 is 1.65 bits per heavy atom. The monoisotopic (exact) mass is 234 g/mol. The van der Waals surface area contributed by atoms with E-state index in [9.17, 15) is 4.79 Å². The van der Waals surface area contributed by atoms with Crippen LogP contribution in [0.1, 0.15) is 17.0 Å². The quantitative estimate of drug-likeness (QED) is 0.759. The summed E-state index contributed by atoms with van der Waals surface area (Å²) in [4.78, 5) is 14.5.